The third kappa shape index (κ3) is 4.28. The fourth-order valence-electron chi connectivity index (χ4n) is 2.61. The van der Waals surface area contributed by atoms with Crippen LogP contribution in [0.1, 0.15) is 29.4 Å². The van der Waals surface area contributed by atoms with Crippen molar-refractivity contribution in [2.24, 2.45) is 5.92 Å². The Morgan fingerprint density at radius 2 is 2.38 bits per heavy atom. The standard InChI is InChI=1S/C14H20N4OS2/c1-10-15-12(9-20-10)6-13-16-17-14(19-13)21-8-11-4-3-5-18(2)7-11/h9,11H,3-8H2,1-2H3/t11-/m0/s1. The van der Waals surface area contributed by atoms with E-state index in [2.05, 4.69) is 27.1 Å². The number of hydrogen-bond donors (Lipinski definition) is 0. The number of hydrogen-bond acceptors (Lipinski definition) is 7. The second-order valence-electron chi connectivity index (χ2n) is 5.58. The van der Waals surface area contributed by atoms with Gasteiger partial charge in [0.1, 0.15) is 0 Å². The summed E-state index contributed by atoms with van der Waals surface area (Å²) in [4.78, 5) is 6.82. The van der Waals surface area contributed by atoms with Crippen molar-refractivity contribution >= 4 is 23.1 Å². The number of nitrogens with zero attached hydrogens (tertiary/aromatic N) is 4. The molecule has 1 aliphatic rings. The Bertz CT molecular complexity index is 583. The van der Waals surface area contributed by atoms with Crippen molar-refractivity contribution < 1.29 is 4.42 Å². The molecule has 1 aliphatic heterocycles. The first-order valence-corrected chi connectivity index (χ1v) is 9.10. The van der Waals surface area contributed by atoms with Crippen LogP contribution in [0.4, 0.5) is 0 Å². The molecule has 0 aromatic carbocycles. The van der Waals surface area contributed by atoms with Gasteiger partial charge < -0.3 is 9.32 Å². The molecule has 3 heterocycles. The number of rotatable bonds is 5. The molecule has 0 unspecified atom stereocenters. The predicted octanol–water partition coefficient (Wildman–Crippen LogP) is 2.86. The van der Waals surface area contributed by atoms with E-state index >= 15 is 0 Å². The molecule has 1 atom stereocenters. The van der Waals surface area contributed by atoms with Crippen molar-refractivity contribution in [3.05, 3.63) is 22.0 Å². The minimum Gasteiger partial charge on any atom is -0.416 e. The summed E-state index contributed by atoms with van der Waals surface area (Å²) in [6.07, 6.45) is 3.22. The second-order valence-corrected chi connectivity index (χ2v) is 7.61. The molecule has 7 heteroatoms. The van der Waals surface area contributed by atoms with E-state index in [4.69, 9.17) is 4.42 Å². The Morgan fingerprint density at radius 1 is 1.48 bits per heavy atom. The maximum atomic E-state index is 5.71. The van der Waals surface area contributed by atoms with Crippen LogP contribution in [0.15, 0.2) is 15.0 Å². The Morgan fingerprint density at radius 3 is 3.14 bits per heavy atom. The van der Waals surface area contributed by atoms with Gasteiger partial charge in [-0.3, -0.25) is 0 Å². The van der Waals surface area contributed by atoms with Gasteiger partial charge in [-0.25, -0.2) is 4.98 Å². The van der Waals surface area contributed by atoms with Gasteiger partial charge in [-0.05, 0) is 39.3 Å². The zero-order chi connectivity index (χ0) is 14.7. The van der Waals surface area contributed by atoms with Crippen molar-refractivity contribution in [2.75, 3.05) is 25.9 Å². The monoisotopic (exact) mass is 324 g/mol. The molecule has 3 rings (SSSR count). The van der Waals surface area contributed by atoms with Crippen LogP contribution >= 0.6 is 23.1 Å². The largest absolute Gasteiger partial charge is 0.416 e. The number of aryl methyl sites for hydroxylation is 1. The molecule has 114 valence electrons. The van der Waals surface area contributed by atoms with Crippen LogP contribution in [0.25, 0.3) is 0 Å². The van der Waals surface area contributed by atoms with Gasteiger partial charge in [-0.15, -0.1) is 21.5 Å². The van der Waals surface area contributed by atoms with Gasteiger partial charge in [0, 0.05) is 17.7 Å². The van der Waals surface area contributed by atoms with Crippen LogP contribution < -0.4 is 0 Å². The third-order valence-corrected chi connectivity index (χ3v) is 5.48. The van der Waals surface area contributed by atoms with Crippen molar-refractivity contribution in [3.63, 3.8) is 0 Å². The summed E-state index contributed by atoms with van der Waals surface area (Å²) in [6, 6.07) is 0. The van der Waals surface area contributed by atoms with Crippen molar-refractivity contribution in [3.8, 4) is 0 Å². The van der Waals surface area contributed by atoms with Crippen LogP contribution in [0, 0.1) is 12.8 Å². The number of likely N-dealkylation sites (tertiary alicyclic amines) is 1. The quantitative estimate of drug-likeness (QED) is 0.788. The van der Waals surface area contributed by atoms with Gasteiger partial charge in [0.15, 0.2) is 0 Å². The first-order valence-electron chi connectivity index (χ1n) is 7.24. The normalized spacial score (nSPS) is 20.0. The highest BCUT2D eigenvalue weighted by Gasteiger charge is 2.18. The number of thiazole rings is 1. The average Bonchev–Trinajstić information content (AvgIpc) is 3.06. The van der Waals surface area contributed by atoms with Gasteiger partial charge in [0.05, 0.1) is 17.1 Å². The second kappa shape index (κ2) is 6.89. The van der Waals surface area contributed by atoms with Gasteiger partial charge in [-0.1, -0.05) is 11.8 Å². The molecule has 0 bridgehead atoms. The Balaban J connectivity index is 1.50. The zero-order valence-corrected chi connectivity index (χ0v) is 14.0. The van der Waals surface area contributed by atoms with Gasteiger partial charge in [0.25, 0.3) is 5.22 Å². The summed E-state index contributed by atoms with van der Waals surface area (Å²) in [6.45, 7) is 4.40. The van der Waals surface area contributed by atoms with E-state index in [0.29, 0.717) is 17.5 Å². The lowest BCUT2D eigenvalue weighted by atomic mass is 10.0. The van der Waals surface area contributed by atoms with Crippen LogP contribution in [0.2, 0.25) is 0 Å². The number of piperidine rings is 1. The molecule has 0 saturated carbocycles. The molecule has 0 amide bonds. The summed E-state index contributed by atoms with van der Waals surface area (Å²) in [7, 11) is 2.19. The van der Waals surface area contributed by atoms with E-state index in [0.717, 1.165) is 22.4 Å². The lowest BCUT2D eigenvalue weighted by Gasteiger charge is -2.28. The Kier molecular flexibility index (Phi) is 4.92. The van der Waals surface area contributed by atoms with E-state index < -0.39 is 0 Å². The molecule has 2 aromatic rings. The minimum absolute atomic E-state index is 0.629. The summed E-state index contributed by atoms with van der Waals surface area (Å²) in [5, 5.41) is 12.0. The van der Waals surface area contributed by atoms with Gasteiger partial charge in [-0.2, -0.15) is 0 Å². The van der Waals surface area contributed by atoms with Crippen molar-refractivity contribution in [2.45, 2.75) is 31.4 Å². The molecular weight excluding hydrogens is 304 g/mol. The van der Waals surface area contributed by atoms with Crippen LogP contribution in [0.5, 0.6) is 0 Å². The van der Waals surface area contributed by atoms with E-state index in [9.17, 15) is 0 Å². The summed E-state index contributed by atoms with van der Waals surface area (Å²) >= 11 is 3.33. The van der Waals surface area contributed by atoms with Crippen LogP contribution in [-0.2, 0) is 6.42 Å². The summed E-state index contributed by atoms with van der Waals surface area (Å²) in [5.41, 5.74) is 1.01. The fourth-order valence-corrected chi connectivity index (χ4v) is 4.13. The Hall–Kier alpha value is -0.920. The maximum absolute atomic E-state index is 5.71. The molecule has 5 nitrogen and oxygen atoms in total. The third-order valence-electron chi connectivity index (χ3n) is 3.61. The van der Waals surface area contributed by atoms with Gasteiger partial charge >= 0.3 is 0 Å². The molecule has 21 heavy (non-hydrogen) atoms. The predicted molar refractivity (Wildman–Crippen MR) is 84.9 cm³/mol. The molecule has 1 saturated heterocycles. The summed E-state index contributed by atoms with van der Waals surface area (Å²) in [5.74, 6) is 2.44. The highest BCUT2D eigenvalue weighted by molar-refractivity contribution is 7.99. The molecule has 0 radical (unpaired) electrons. The Labute approximate surface area is 133 Å². The first-order chi connectivity index (χ1) is 10.2. The number of thioether (sulfide) groups is 1. The average molecular weight is 324 g/mol. The van der Waals surface area contributed by atoms with E-state index in [-0.39, 0.29) is 0 Å². The fraction of sp³-hybridized carbons (Fsp3) is 0.643. The van der Waals surface area contributed by atoms with Crippen LogP contribution in [0.3, 0.4) is 0 Å². The zero-order valence-electron chi connectivity index (χ0n) is 12.4. The van der Waals surface area contributed by atoms with Crippen LogP contribution in [-0.4, -0.2) is 46.0 Å². The van der Waals surface area contributed by atoms with Gasteiger partial charge in [0.2, 0.25) is 5.89 Å². The highest BCUT2D eigenvalue weighted by atomic mass is 32.2. The first kappa shape index (κ1) is 15.0. The maximum Gasteiger partial charge on any atom is 0.276 e. The summed E-state index contributed by atoms with van der Waals surface area (Å²) < 4.78 is 5.71. The smallest absolute Gasteiger partial charge is 0.276 e. The molecule has 1 fully saturated rings. The molecular formula is C14H20N4OS2. The number of aromatic nitrogens is 3. The topological polar surface area (TPSA) is 55.1 Å². The minimum atomic E-state index is 0.629. The van der Waals surface area contributed by atoms with E-state index in [1.165, 1.54) is 25.9 Å². The molecule has 0 aliphatic carbocycles. The molecule has 0 spiro atoms. The SMILES string of the molecule is Cc1nc(Cc2nnc(SC[C@H]3CCCN(C)C3)o2)cs1. The lowest BCUT2D eigenvalue weighted by Crippen LogP contribution is -2.33. The molecule has 0 N–H and O–H groups in total. The lowest BCUT2D eigenvalue weighted by molar-refractivity contribution is 0.224. The highest BCUT2D eigenvalue weighted by Crippen LogP contribution is 2.25. The molecule has 2 aromatic heterocycles. The van der Waals surface area contributed by atoms with E-state index in [1.54, 1.807) is 23.1 Å². The van der Waals surface area contributed by atoms with E-state index in [1.807, 2.05) is 12.3 Å². The van der Waals surface area contributed by atoms with Crippen molar-refractivity contribution in [1.82, 2.24) is 20.1 Å². The van der Waals surface area contributed by atoms with Crippen molar-refractivity contribution in [1.29, 1.82) is 0 Å².